The van der Waals surface area contributed by atoms with Crippen LogP contribution in [0.1, 0.15) is 32.6 Å². The van der Waals surface area contributed by atoms with E-state index in [0.717, 1.165) is 31.1 Å². The highest BCUT2D eigenvalue weighted by molar-refractivity contribution is 5.81. The molecule has 2 fully saturated rings. The number of ether oxygens (including phenoxy) is 1. The van der Waals surface area contributed by atoms with Crippen molar-refractivity contribution in [1.82, 2.24) is 10.2 Å². The van der Waals surface area contributed by atoms with E-state index >= 15 is 0 Å². The van der Waals surface area contributed by atoms with Crippen LogP contribution in [0.5, 0.6) is 0 Å². The molecule has 0 aromatic heterocycles. The second-order valence-corrected chi connectivity index (χ2v) is 6.13. The molecule has 0 saturated heterocycles. The third-order valence-electron chi connectivity index (χ3n) is 4.97. The summed E-state index contributed by atoms with van der Waals surface area (Å²) in [4.78, 5) is 14.4. The van der Waals surface area contributed by atoms with E-state index in [0.29, 0.717) is 6.04 Å². The summed E-state index contributed by atoms with van der Waals surface area (Å²) in [5.41, 5.74) is -0.456. The zero-order valence-electron chi connectivity index (χ0n) is 12.0. The first-order valence-electron chi connectivity index (χ1n) is 7.00. The van der Waals surface area contributed by atoms with Crippen molar-refractivity contribution < 1.29 is 9.53 Å². The summed E-state index contributed by atoms with van der Waals surface area (Å²) in [5, 5.41) is 3.19. The number of carbonyl (C=O) groups is 1. The van der Waals surface area contributed by atoms with Gasteiger partial charge in [0.15, 0.2) is 0 Å². The summed E-state index contributed by atoms with van der Waals surface area (Å²) >= 11 is 0. The van der Waals surface area contributed by atoms with Crippen molar-refractivity contribution in [1.29, 1.82) is 0 Å². The fraction of sp³-hybridized carbons (Fsp3) is 0.929. The van der Waals surface area contributed by atoms with Crippen LogP contribution in [0.15, 0.2) is 0 Å². The normalized spacial score (nSPS) is 39.1. The second-order valence-electron chi connectivity index (χ2n) is 6.13. The molecular weight excluding hydrogens is 228 g/mol. The molecule has 0 heterocycles. The Kier molecular flexibility index (Phi) is 3.97. The van der Waals surface area contributed by atoms with E-state index in [1.54, 1.807) is 0 Å². The first-order valence-corrected chi connectivity index (χ1v) is 7.00. The first kappa shape index (κ1) is 13.8. The lowest BCUT2D eigenvalue weighted by Crippen LogP contribution is -2.50. The van der Waals surface area contributed by atoms with E-state index in [2.05, 4.69) is 24.2 Å². The lowest BCUT2D eigenvalue weighted by molar-refractivity contribution is -0.148. The molecule has 0 amide bonds. The van der Waals surface area contributed by atoms with Gasteiger partial charge in [0.05, 0.1) is 7.11 Å². The lowest BCUT2D eigenvalue weighted by Gasteiger charge is -2.28. The summed E-state index contributed by atoms with van der Waals surface area (Å²) in [6, 6.07) is 0.504. The second kappa shape index (κ2) is 5.17. The van der Waals surface area contributed by atoms with Crippen molar-refractivity contribution in [2.24, 2.45) is 11.8 Å². The van der Waals surface area contributed by atoms with Gasteiger partial charge in [0.1, 0.15) is 5.54 Å². The van der Waals surface area contributed by atoms with Crippen molar-refractivity contribution in [2.45, 2.75) is 44.2 Å². The lowest BCUT2D eigenvalue weighted by atomic mass is 9.97. The molecule has 4 nitrogen and oxygen atoms in total. The Bertz CT molecular complexity index is 321. The van der Waals surface area contributed by atoms with Gasteiger partial charge in [0, 0.05) is 12.6 Å². The number of likely N-dealkylation sites (N-methyl/N-ethyl adjacent to an activating group) is 1. The molecule has 0 aliphatic heterocycles. The molecule has 4 unspecified atom stereocenters. The molecule has 0 spiro atoms. The molecule has 0 aromatic carbocycles. The molecule has 0 aromatic rings. The van der Waals surface area contributed by atoms with Crippen molar-refractivity contribution in [3.05, 3.63) is 0 Å². The van der Waals surface area contributed by atoms with Crippen LogP contribution in [0.3, 0.4) is 0 Å². The Morgan fingerprint density at radius 3 is 2.72 bits per heavy atom. The largest absolute Gasteiger partial charge is 0.468 e. The number of esters is 1. The topological polar surface area (TPSA) is 41.6 Å². The summed E-state index contributed by atoms with van der Waals surface area (Å²) < 4.78 is 4.95. The molecule has 104 valence electrons. The minimum absolute atomic E-state index is 0.110. The van der Waals surface area contributed by atoms with Gasteiger partial charge in [-0.3, -0.25) is 4.79 Å². The standard InChI is InChI=1S/C14H26N2O2/c1-10-7-11(10)9-16(3)12-5-6-14(8-12,15-2)13(17)18-4/h10-12,15H,5-9H2,1-4H3. The summed E-state index contributed by atoms with van der Waals surface area (Å²) in [5.74, 6) is 1.65. The predicted molar refractivity (Wildman–Crippen MR) is 71.3 cm³/mol. The summed E-state index contributed by atoms with van der Waals surface area (Å²) in [6.45, 7) is 3.49. The van der Waals surface area contributed by atoms with Gasteiger partial charge in [-0.2, -0.15) is 0 Å². The molecule has 1 N–H and O–H groups in total. The van der Waals surface area contributed by atoms with E-state index in [9.17, 15) is 4.79 Å². The number of carbonyl (C=O) groups excluding carboxylic acids is 1. The van der Waals surface area contributed by atoms with Crippen molar-refractivity contribution in [3.8, 4) is 0 Å². The number of rotatable bonds is 5. The average Bonchev–Trinajstić information content (AvgIpc) is 2.91. The maximum Gasteiger partial charge on any atom is 0.326 e. The van der Waals surface area contributed by atoms with Crippen LogP contribution in [0.2, 0.25) is 0 Å². The van der Waals surface area contributed by atoms with Gasteiger partial charge >= 0.3 is 5.97 Å². The summed E-state index contributed by atoms with van der Waals surface area (Å²) in [7, 11) is 5.53. The minimum Gasteiger partial charge on any atom is -0.468 e. The van der Waals surface area contributed by atoms with Crippen molar-refractivity contribution >= 4 is 5.97 Å². The van der Waals surface area contributed by atoms with Gasteiger partial charge in [0.25, 0.3) is 0 Å². The molecule has 0 radical (unpaired) electrons. The SMILES string of the molecule is CNC1(C(=O)OC)CCC(N(C)CC2CC2C)C1. The van der Waals surface area contributed by atoms with E-state index in [1.807, 2.05) is 7.05 Å². The van der Waals surface area contributed by atoms with Crippen molar-refractivity contribution in [3.63, 3.8) is 0 Å². The van der Waals surface area contributed by atoms with E-state index in [4.69, 9.17) is 4.74 Å². The molecule has 4 atom stereocenters. The molecule has 4 heteroatoms. The van der Waals surface area contributed by atoms with E-state index in [1.165, 1.54) is 20.1 Å². The zero-order valence-corrected chi connectivity index (χ0v) is 12.0. The Morgan fingerprint density at radius 2 is 2.22 bits per heavy atom. The fourth-order valence-electron chi connectivity index (χ4n) is 3.28. The van der Waals surface area contributed by atoms with Crippen LogP contribution in [0, 0.1) is 11.8 Å². The molecule has 2 aliphatic rings. The highest BCUT2D eigenvalue weighted by Gasteiger charge is 2.47. The van der Waals surface area contributed by atoms with Crippen LogP contribution in [0.25, 0.3) is 0 Å². The Hall–Kier alpha value is -0.610. The first-order chi connectivity index (χ1) is 8.52. The zero-order chi connectivity index (χ0) is 13.3. The van der Waals surface area contributed by atoms with Crippen LogP contribution in [-0.4, -0.2) is 50.2 Å². The van der Waals surface area contributed by atoms with Gasteiger partial charge in [-0.05, 0) is 51.6 Å². The number of nitrogens with zero attached hydrogens (tertiary/aromatic N) is 1. The van der Waals surface area contributed by atoms with Crippen molar-refractivity contribution in [2.75, 3.05) is 27.7 Å². The molecule has 2 rings (SSSR count). The molecule has 0 bridgehead atoms. The van der Waals surface area contributed by atoms with Crippen LogP contribution < -0.4 is 5.32 Å². The third kappa shape index (κ3) is 2.54. The Morgan fingerprint density at radius 1 is 1.56 bits per heavy atom. The third-order valence-corrected chi connectivity index (χ3v) is 4.97. The predicted octanol–water partition coefficient (Wildman–Crippen LogP) is 1.26. The average molecular weight is 254 g/mol. The highest BCUT2D eigenvalue weighted by Crippen LogP contribution is 2.40. The number of hydrogen-bond donors (Lipinski definition) is 1. The maximum atomic E-state index is 11.9. The van der Waals surface area contributed by atoms with Gasteiger partial charge < -0.3 is 15.0 Å². The summed E-state index contributed by atoms with van der Waals surface area (Å²) in [6.07, 6.45) is 4.19. The van der Waals surface area contributed by atoms with Gasteiger partial charge in [-0.1, -0.05) is 6.92 Å². The van der Waals surface area contributed by atoms with Gasteiger partial charge in [-0.25, -0.2) is 0 Å². The number of methoxy groups -OCH3 is 1. The smallest absolute Gasteiger partial charge is 0.326 e. The van der Waals surface area contributed by atoms with E-state index in [-0.39, 0.29) is 5.97 Å². The van der Waals surface area contributed by atoms with Crippen LogP contribution in [-0.2, 0) is 9.53 Å². The quantitative estimate of drug-likeness (QED) is 0.750. The molecule has 18 heavy (non-hydrogen) atoms. The number of hydrogen-bond acceptors (Lipinski definition) is 4. The molecule has 2 saturated carbocycles. The van der Waals surface area contributed by atoms with Crippen LogP contribution in [0.4, 0.5) is 0 Å². The van der Waals surface area contributed by atoms with Gasteiger partial charge in [-0.15, -0.1) is 0 Å². The maximum absolute atomic E-state index is 11.9. The van der Waals surface area contributed by atoms with Crippen LogP contribution >= 0.6 is 0 Å². The Balaban J connectivity index is 1.91. The fourth-order valence-corrected chi connectivity index (χ4v) is 3.28. The molecular formula is C14H26N2O2. The highest BCUT2D eigenvalue weighted by atomic mass is 16.5. The minimum atomic E-state index is -0.456. The Labute approximate surface area is 110 Å². The van der Waals surface area contributed by atoms with Gasteiger partial charge in [0.2, 0.25) is 0 Å². The number of nitrogens with one attached hydrogen (secondary N) is 1. The molecule has 2 aliphatic carbocycles. The van der Waals surface area contributed by atoms with E-state index < -0.39 is 5.54 Å². The monoisotopic (exact) mass is 254 g/mol.